The number of benzene rings is 1. The summed E-state index contributed by atoms with van der Waals surface area (Å²) in [5.74, 6) is 0.286. The van der Waals surface area contributed by atoms with Gasteiger partial charge < -0.3 is 14.8 Å². The van der Waals surface area contributed by atoms with E-state index in [9.17, 15) is 9.41 Å². The molecule has 92 valence electrons. The van der Waals surface area contributed by atoms with Crippen LogP contribution in [0.25, 0.3) is 0 Å². The summed E-state index contributed by atoms with van der Waals surface area (Å²) in [6, 6.07) is 3.17. The zero-order valence-electron chi connectivity index (χ0n) is 9.68. The van der Waals surface area contributed by atoms with E-state index in [-0.39, 0.29) is 18.1 Å². The van der Waals surface area contributed by atoms with Crippen LogP contribution < -0.4 is 4.65 Å². The zero-order valence-corrected chi connectivity index (χ0v) is 9.68. The number of carbonyl (C=O) groups is 1. The maximum absolute atomic E-state index is 13.2. The van der Waals surface area contributed by atoms with Crippen molar-refractivity contribution in [1.82, 2.24) is 0 Å². The highest BCUT2D eigenvalue weighted by molar-refractivity contribution is 6.46. The first-order chi connectivity index (χ1) is 8.01. The zero-order chi connectivity index (χ0) is 13.0. The van der Waals surface area contributed by atoms with Crippen LogP contribution in [0.1, 0.15) is 18.1 Å². The molecule has 0 aromatic heterocycles. The summed E-state index contributed by atoms with van der Waals surface area (Å²) in [7, 11) is -0.817. The highest BCUT2D eigenvalue weighted by atomic mass is 19.1. The molecule has 2 rings (SSSR count). The molecular formula is C11H14BFO4. The average molecular weight is 240 g/mol. The number of fused-ring (bicyclic) bond motifs is 1. The van der Waals surface area contributed by atoms with Crippen molar-refractivity contribution in [3.8, 4) is 5.75 Å². The van der Waals surface area contributed by atoms with E-state index in [0.29, 0.717) is 11.3 Å². The molecular weight excluding hydrogens is 226 g/mol. The maximum atomic E-state index is 13.2. The van der Waals surface area contributed by atoms with Crippen LogP contribution in [-0.4, -0.2) is 23.7 Å². The van der Waals surface area contributed by atoms with Crippen molar-refractivity contribution in [1.29, 1.82) is 0 Å². The Labute approximate surface area is 99.2 Å². The summed E-state index contributed by atoms with van der Waals surface area (Å²) in [6.07, 6.45) is 0.734. The molecule has 1 aromatic carbocycles. The third-order valence-electron chi connectivity index (χ3n) is 2.69. The van der Waals surface area contributed by atoms with Crippen molar-refractivity contribution in [2.75, 3.05) is 0 Å². The largest absolute Gasteiger partial charge is 0.535 e. The lowest BCUT2D eigenvalue weighted by Crippen LogP contribution is -2.32. The summed E-state index contributed by atoms with van der Waals surface area (Å²) in [4.78, 5) is 8.36. The van der Waals surface area contributed by atoms with E-state index in [2.05, 4.69) is 0 Å². The molecule has 1 aliphatic rings. The van der Waals surface area contributed by atoms with Gasteiger partial charge in [0.1, 0.15) is 11.6 Å². The molecule has 1 heterocycles. The molecule has 0 aliphatic carbocycles. The van der Waals surface area contributed by atoms with Gasteiger partial charge in [-0.05, 0) is 25.0 Å². The lowest BCUT2D eigenvalue weighted by molar-refractivity contribution is -0.122. The van der Waals surface area contributed by atoms with Gasteiger partial charge in [-0.1, -0.05) is 13.0 Å². The third-order valence-corrected chi connectivity index (χ3v) is 2.69. The second-order valence-corrected chi connectivity index (χ2v) is 3.96. The minimum atomic E-state index is -0.817. The van der Waals surface area contributed by atoms with Crippen LogP contribution in [0.5, 0.6) is 5.75 Å². The molecule has 4 nitrogen and oxygen atoms in total. The molecule has 0 saturated heterocycles. The van der Waals surface area contributed by atoms with Gasteiger partial charge in [-0.3, -0.25) is 4.79 Å². The molecule has 1 aromatic rings. The Hall–Kier alpha value is -1.56. The molecule has 2 N–H and O–H groups in total. The standard InChI is InChI=1S/C10H12BFO2.CH2O2/c1-6-5-8-3-4-9(12)7(2)10(8)14-11(6)13;2-1-3/h3-4,6,13H,5H2,1-2H3;1H,(H,2,3). The highest BCUT2D eigenvalue weighted by Gasteiger charge is 2.32. The molecule has 1 unspecified atom stereocenters. The average Bonchev–Trinajstić information content (AvgIpc) is 2.28. The predicted octanol–water partition coefficient (Wildman–Crippen LogP) is 1.64. The van der Waals surface area contributed by atoms with Crippen LogP contribution in [0.2, 0.25) is 5.82 Å². The van der Waals surface area contributed by atoms with Gasteiger partial charge in [0.05, 0.1) is 0 Å². The fraction of sp³-hybridized carbons (Fsp3) is 0.364. The number of hydrogen-bond donors (Lipinski definition) is 2. The fourth-order valence-corrected chi connectivity index (χ4v) is 1.73. The Morgan fingerprint density at radius 1 is 1.59 bits per heavy atom. The van der Waals surface area contributed by atoms with E-state index >= 15 is 0 Å². The van der Waals surface area contributed by atoms with E-state index < -0.39 is 7.12 Å². The van der Waals surface area contributed by atoms with Gasteiger partial charge in [0.2, 0.25) is 0 Å². The number of halogens is 1. The first kappa shape index (κ1) is 13.5. The maximum Gasteiger partial charge on any atom is 0.525 e. The first-order valence-electron chi connectivity index (χ1n) is 5.21. The second kappa shape index (κ2) is 5.68. The van der Waals surface area contributed by atoms with Gasteiger partial charge in [-0.25, -0.2) is 4.39 Å². The lowest BCUT2D eigenvalue weighted by atomic mass is 9.68. The number of carboxylic acid groups (broad SMARTS) is 1. The summed E-state index contributed by atoms with van der Waals surface area (Å²) in [5, 5.41) is 16.4. The van der Waals surface area contributed by atoms with Crippen LogP contribution in [0, 0.1) is 12.7 Å². The van der Waals surface area contributed by atoms with Crippen LogP contribution in [0.4, 0.5) is 4.39 Å². The molecule has 0 amide bonds. The van der Waals surface area contributed by atoms with Crippen LogP contribution in [0.3, 0.4) is 0 Å². The van der Waals surface area contributed by atoms with Crippen molar-refractivity contribution in [3.63, 3.8) is 0 Å². The Bertz CT molecular complexity index is 411. The number of rotatable bonds is 0. The van der Waals surface area contributed by atoms with Crippen molar-refractivity contribution in [3.05, 3.63) is 29.1 Å². The van der Waals surface area contributed by atoms with Crippen molar-refractivity contribution >= 4 is 13.6 Å². The Balaban J connectivity index is 0.000000437. The monoisotopic (exact) mass is 240 g/mol. The minimum absolute atomic E-state index is 0.0624. The molecule has 0 fully saturated rings. The van der Waals surface area contributed by atoms with Crippen molar-refractivity contribution in [2.24, 2.45) is 0 Å². The van der Waals surface area contributed by atoms with Gasteiger partial charge in [0.25, 0.3) is 6.47 Å². The van der Waals surface area contributed by atoms with Crippen LogP contribution in [0.15, 0.2) is 12.1 Å². The molecule has 0 saturated carbocycles. The number of hydrogen-bond acceptors (Lipinski definition) is 3. The topological polar surface area (TPSA) is 66.8 Å². The van der Waals surface area contributed by atoms with Crippen LogP contribution in [-0.2, 0) is 11.2 Å². The van der Waals surface area contributed by atoms with E-state index in [1.54, 1.807) is 13.0 Å². The normalized spacial score (nSPS) is 17.4. The Kier molecular flexibility index (Phi) is 4.51. The van der Waals surface area contributed by atoms with Gasteiger partial charge in [0, 0.05) is 11.4 Å². The molecule has 6 heteroatoms. The molecule has 0 spiro atoms. The second-order valence-electron chi connectivity index (χ2n) is 3.96. The minimum Gasteiger partial charge on any atom is -0.535 e. The fourth-order valence-electron chi connectivity index (χ4n) is 1.73. The van der Waals surface area contributed by atoms with Gasteiger partial charge >= 0.3 is 7.12 Å². The molecule has 0 bridgehead atoms. The first-order valence-corrected chi connectivity index (χ1v) is 5.21. The Morgan fingerprint density at radius 3 is 2.76 bits per heavy atom. The van der Waals surface area contributed by atoms with Gasteiger partial charge in [-0.2, -0.15) is 0 Å². The molecule has 1 aliphatic heterocycles. The Morgan fingerprint density at radius 2 is 2.18 bits per heavy atom. The van der Waals surface area contributed by atoms with E-state index in [1.807, 2.05) is 6.92 Å². The van der Waals surface area contributed by atoms with E-state index in [1.165, 1.54) is 6.07 Å². The summed E-state index contributed by atoms with van der Waals surface area (Å²) >= 11 is 0. The smallest absolute Gasteiger partial charge is 0.525 e. The quantitative estimate of drug-likeness (QED) is 0.534. The van der Waals surface area contributed by atoms with Gasteiger partial charge in [-0.15, -0.1) is 0 Å². The molecule has 17 heavy (non-hydrogen) atoms. The predicted molar refractivity (Wildman–Crippen MR) is 61.6 cm³/mol. The van der Waals surface area contributed by atoms with Crippen molar-refractivity contribution in [2.45, 2.75) is 26.1 Å². The lowest BCUT2D eigenvalue weighted by Gasteiger charge is -2.26. The van der Waals surface area contributed by atoms with E-state index in [4.69, 9.17) is 14.6 Å². The van der Waals surface area contributed by atoms with Gasteiger partial charge in [0.15, 0.2) is 0 Å². The third kappa shape index (κ3) is 2.97. The van der Waals surface area contributed by atoms with Crippen molar-refractivity contribution < 1.29 is 24.0 Å². The van der Waals surface area contributed by atoms with Crippen LogP contribution >= 0.6 is 0 Å². The highest BCUT2D eigenvalue weighted by Crippen LogP contribution is 2.34. The molecule has 1 atom stereocenters. The van der Waals surface area contributed by atoms with E-state index in [0.717, 1.165) is 12.0 Å². The summed E-state index contributed by atoms with van der Waals surface area (Å²) < 4.78 is 18.4. The summed E-state index contributed by atoms with van der Waals surface area (Å²) in [5.41, 5.74) is 1.45. The summed E-state index contributed by atoms with van der Waals surface area (Å²) in [6.45, 7) is 3.32. The SMILES string of the molecule is Cc1c(F)ccc2c1OB(O)C(C)C2.O=CO. The molecule has 0 radical (unpaired) electrons.